The predicted octanol–water partition coefficient (Wildman–Crippen LogP) is 2.72. The van der Waals surface area contributed by atoms with Gasteiger partial charge in [0, 0.05) is 5.75 Å². The molecule has 1 aliphatic rings. The first kappa shape index (κ1) is 6.47. The second-order valence-corrected chi connectivity index (χ2v) is 3.14. The maximum absolute atomic E-state index is 3.30. The van der Waals surface area contributed by atoms with Crippen LogP contribution in [0.3, 0.4) is 0 Å². The summed E-state index contributed by atoms with van der Waals surface area (Å²) in [6.45, 7) is 0. The minimum atomic E-state index is 1.21. The molecular weight excluding hydrogens is 116 g/mol. The van der Waals surface area contributed by atoms with Gasteiger partial charge in [-0.1, -0.05) is 19.3 Å². The highest BCUT2D eigenvalue weighted by Crippen LogP contribution is 2.18. The van der Waals surface area contributed by atoms with Crippen LogP contribution in [0.4, 0.5) is 0 Å². The van der Waals surface area contributed by atoms with Gasteiger partial charge in [-0.2, -0.15) is 11.8 Å². The van der Waals surface area contributed by atoms with Crippen molar-refractivity contribution in [3.8, 4) is 0 Å². The van der Waals surface area contributed by atoms with Gasteiger partial charge in [-0.25, -0.2) is 0 Å². The average molecular weight is 128 g/mol. The third-order valence-corrected chi connectivity index (χ3v) is 2.28. The van der Waals surface area contributed by atoms with Crippen LogP contribution in [-0.4, -0.2) is 5.75 Å². The molecule has 1 heterocycles. The summed E-state index contributed by atoms with van der Waals surface area (Å²) in [6, 6.07) is 0. The first-order valence-electron chi connectivity index (χ1n) is 3.35. The number of thioether (sulfide) groups is 1. The Bertz CT molecular complexity index is 28.3. The molecule has 46 valence electrons. The summed E-state index contributed by atoms with van der Waals surface area (Å²) >= 11 is 1.88. The molecule has 2 radical (unpaired) electrons. The molecule has 1 heteroatoms. The molecule has 0 unspecified atom stereocenters. The Morgan fingerprint density at radius 3 is 2.88 bits per heavy atom. The van der Waals surface area contributed by atoms with Gasteiger partial charge in [-0.15, -0.1) is 0 Å². The first-order valence-corrected chi connectivity index (χ1v) is 4.33. The van der Waals surface area contributed by atoms with Crippen LogP contribution in [0.5, 0.6) is 0 Å². The highest BCUT2D eigenvalue weighted by atomic mass is 32.2. The van der Waals surface area contributed by atoms with Gasteiger partial charge in [0.25, 0.3) is 0 Å². The highest BCUT2D eigenvalue weighted by Gasteiger charge is 1.96. The van der Waals surface area contributed by atoms with E-state index in [4.69, 9.17) is 0 Å². The fourth-order valence-electron chi connectivity index (χ4n) is 0.869. The van der Waals surface area contributed by atoms with E-state index < -0.39 is 0 Å². The molecule has 0 saturated carbocycles. The zero-order chi connectivity index (χ0) is 5.66. The lowest BCUT2D eigenvalue weighted by Gasteiger charge is -2.04. The molecular formula is C7H12S. The molecule has 1 fully saturated rings. The van der Waals surface area contributed by atoms with Crippen molar-refractivity contribution in [2.24, 2.45) is 0 Å². The van der Waals surface area contributed by atoms with Crippen molar-refractivity contribution in [2.75, 3.05) is 5.75 Å². The smallest absolute Gasteiger partial charge is 0.0481 e. The molecule has 8 heavy (non-hydrogen) atoms. The third kappa shape index (κ3) is 2.61. The number of hydrogen-bond donors (Lipinski definition) is 0. The lowest BCUT2D eigenvalue weighted by atomic mass is 10.2. The normalized spacial score (nSPS) is 24.0. The quantitative estimate of drug-likeness (QED) is 0.483. The fraction of sp³-hybridized carbons (Fsp3) is 0.857. The Balaban J connectivity index is 2.00. The average Bonchev–Trinajstić information content (AvgIpc) is 1.62. The van der Waals surface area contributed by atoms with E-state index in [9.17, 15) is 0 Å². The highest BCUT2D eigenvalue weighted by molar-refractivity contribution is 8.01. The third-order valence-electron chi connectivity index (χ3n) is 1.38. The Labute approximate surface area is 56.0 Å². The van der Waals surface area contributed by atoms with Gasteiger partial charge in [0.2, 0.25) is 0 Å². The summed E-state index contributed by atoms with van der Waals surface area (Å²) in [6.07, 6.45) is 6.84. The van der Waals surface area contributed by atoms with Crippen LogP contribution in [-0.2, 0) is 0 Å². The van der Waals surface area contributed by atoms with Crippen LogP contribution in [0.25, 0.3) is 0 Å². The lowest BCUT2D eigenvalue weighted by Crippen LogP contribution is -1.86. The maximum atomic E-state index is 3.30. The van der Waals surface area contributed by atoms with Gasteiger partial charge >= 0.3 is 0 Å². The standard InChI is InChI=1S/C7H12S/c1-2-4-6-8-7-5-3-1/h1-6H2. The van der Waals surface area contributed by atoms with E-state index >= 15 is 0 Å². The van der Waals surface area contributed by atoms with Crippen LogP contribution < -0.4 is 0 Å². The topological polar surface area (TPSA) is 0 Å². The number of hydrogen-bond acceptors (Lipinski definition) is 1. The van der Waals surface area contributed by atoms with E-state index in [0.717, 1.165) is 0 Å². The summed E-state index contributed by atoms with van der Waals surface area (Å²) in [7, 11) is 0. The monoisotopic (exact) mass is 128 g/mol. The summed E-state index contributed by atoms with van der Waals surface area (Å²) in [4.78, 5) is 0. The van der Waals surface area contributed by atoms with Crippen LogP contribution in [0.1, 0.15) is 32.1 Å². The van der Waals surface area contributed by atoms with Crippen molar-refractivity contribution in [3.63, 3.8) is 0 Å². The zero-order valence-corrected chi connectivity index (χ0v) is 5.97. The Hall–Kier alpha value is 0.350. The number of rotatable bonds is 0. The van der Waals surface area contributed by atoms with Crippen molar-refractivity contribution in [3.05, 3.63) is 5.75 Å². The van der Waals surface area contributed by atoms with Crippen LogP contribution in [0.15, 0.2) is 0 Å². The van der Waals surface area contributed by atoms with Crippen LogP contribution in [0, 0.1) is 5.75 Å². The molecule has 0 amide bonds. The van der Waals surface area contributed by atoms with Crippen molar-refractivity contribution in [1.82, 2.24) is 0 Å². The zero-order valence-electron chi connectivity index (χ0n) is 5.15. The molecule has 0 N–H and O–H groups in total. The lowest BCUT2D eigenvalue weighted by molar-refractivity contribution is 0.667. The van der Waals surface area contributed by atoms with E-state index in [1.807, 2.05) is 11.8 Å². The summed E-state index contributed by atoms with van der Waals surface area (Å²) in [5.74, 6) is 4.61. The summed E-state index contributed by atoms with van der Waals surface area (Å²) < 4.78 is 0. The van der Waals surface area contributed by atoms with Gasteiger partial charge in [0.05, 0.1) is 0 Å². The van der Waals surface area contributed by atoms with Crippen LogP contribution >= 0.6 is 11.8 Å². The van der Waals surface area contributed by atoms with Gasteiger partial charge in [-0.3, -0.25) is 0 Å². The van der Waals surface area contributed by atoms with E-state index in [1.165, 1.54) is 37.9 Å². The van der Waals surface area contributed by atoms with E-state index in [-0.39, 0.29) is 0 Å². The van der Waals surface area contributed by atoms with Crippen molar-refractivity contribution >= 4 is 11.8 Å². The largest absolute Gasteiger partial charge is 0.152 e. The first-order chi connectivity index (χ1) is 4.00. The second kappa shape index (κ2) is 4.25. The molecule has 0 spiro atoms. The van der Waals surface area contributed by atoms with Gasteiger partial charge < -0.3 is 0 Å². The summed E-state index contributed by atoms with van der Waals surface area (Å²) in [5, 5.41) is 0. The molecule has 0 aliphatic carbocycles. The van der Waals surface area contributed by atoms with E-state index in [0.29, 0.717) is 0 Å². The van der Waals surface area contributed by atoms with Gasteiger partial charge in [-0.05, 0) is 18.6 Å². The Morgan fingerprint density at radius 1 is 1.00 bits per heavy atom. The Kier molecular flexibility index (Phi) is 3.44. The van der Waals surface area contributed by atoms with E-state index in [1.54, 1.807) is 0 Å². The second-order valence-electron chi connectivity index (χ2n) is 2.16. The van der Waals surface area contributed by atoms with Crippen LogP contribution in [0.2, 0.25) is 0 Å². The molecule has 0 atom stereocenters. The summed E-state index contributed by atoms with van der Waals surface area (Å²) in [5.41, 5.74) is 0. The minimum absolute atomic E-state index is 1.21. The molecule has 1 rings (SSSR count). The predicted molar refractivity (Wildman–Crippen MR) is 38.8 cm³/mol. The van der Waals surface area contributed by atoms with Gasteiger partial charge in [0.15, 0.2) is 0 Å². The molecule has 0 aromatic rings. The van der Waals surface area contributed by atoms with E-state index in [2.05, 4.69) is 5.75 Å². The SMILES string of the molecule is [C]1CCCCCCS1. The fourth-order valence-corrected chi connectivity index (χ4v) is 1.65. The van der Waals surface area contributed by atoms with Crippen molar-refractivity contribution in [1.29, 1.82) is 0 Å². The molecule has 1 saturated heterocycles. The minimum Gasteiger partial charge on any atom is -0.152 e. The Morgan fingerprint density at radius 2 is 1.88 bits per heavy atom. The molecule has 0 aromatic carbocycles. The maximum Gasteiger partial charge on any atom is 0.0481 e. The molecule has 0 bridgehead atoms. The molecule has 0 aromatic heterocycles. The molecule has 1 aliphatic heterocycles. The van der Waals surface area contributed by atoms with Crippen molar-refractivity contribution < 1.29 is 0 Å². The van der Waals surface area contributed by atoms with Gasteiger partial charge in [0.1, 0.15) is 0 Å². The molecule has 0 nitrogen and oxygen atoms in total. The van der Waals surface area contributed by atoms with Crippen molar-refractivity contribution in [2.45, 2.75) is 32.1 Å².